The molecule has 2 heterocycles. The number of piperidine rings is 1. The number of likely N-dealkylation sites (tertiary alicyclic amines) is 1. The molecule has 1 spiro atoms. The maximum atomic E-state index is 12.8. The van der Waals surface area contributed by atoms with Gasteiger partial charge in [-0.25, -0.2) is 4.79 Å². The van der Waals surface area contributed by atoms with E-state index in [2.05, 4.69) is 4.90 Å². The Hall–Kier alpha value is -2.62. The fourth-order valence-electron chi connectivity index (χ4n) is 5.78. The van der Waals surface area contributed by atoms with Crippen molar-refractivity contribution in [2.75, 3.05) is 27.2 Å². The summed E-state index contributed by atoms with van der Waals surface area (Å²) in [5.74, 6) is 0.165. The number of aliphatic hydroxyl groups is 1. The molecule has 9 heteroatoms. The molecule has 1 aromatic carbocycles. The molecule has 2 aliphatic heterocycles. The van der Waals surface area contributed by atoms with E-state index < -0.39 is 35.2 Å². The van der Waals surface area contributed by atoms with Crippen molar-refractivity contribution in [2.45, 2.75) is 69.3 Å². The van der Waals surface area contributed by atoms with E-state index in [1.54, 1.807) is 13.2 Å². The highest BCUT2D eigenvalue weighted by molar-refractivity contribution is 5.80. The van der Waals surface area contributed by atoms with Crippen LogP contribution in [0.5, 0.6) is 11.5 Å². The van der Waals surface area contributed by atoms with Gasteiger partial charge in [0.25, 0.3) is 0 Å². The summed E-state index contributed by atoms with van der Waals surface area (Å²) in [6.07, 6.45) is 0.779. The first kappa shape index (κ1) is 24.5. The van der Waals surface area contributed by atoms with Crippen molar-refractivity contribution in [1.82, 2.24) is 4.90 Å². The fraction of sp³-hybridized carbons (Fsp3) is 0.600. The van der Waals surface area contributed by atoms with Crippen LogP contribution in [0.1, 0.15) is 44.2 Å². The third kappa shape index (κ3) is 3.49. The van der Waals surface area contributed by atoms with Crippen LogP contribution in [-0.2, 0) is 24.5 Å². The topological polar surface area (TPSA) is 121 Å². The molecule has 0 saturated carbocycles. The van der Waals surface area contributed by atoms with Gasteiger partial charge in [-0.3, -0.25) is 4.79 Å². The van der Waals surface area contributed by atoms with Crippen molar-refractivity contribution in [3.05, 3.63) is 35.1 Å². The van der Waals surface area contributed by atoms with Gasteiger partial charge in [0.15, 0.2) is 23.7 Å². The largest absolute Gasteiger partial charge is 0.493 e. The molecule has 0 radical (unpaired) electrons. The lowest BCUT2D eigenvalue weighted by Crippen LogP contribution is -2.71. The number of nitrogens with zero attached hydrogens (tertiary/aromatic N) is 1. The summed E-state index contributed by atoms with van der Waals surface area (Å²) in [4.78, 5) is 26.8. The predicted octanol–water partition coefficient (Wildman–Crippen LogP) is 1.57. The van der Waals surface area contributed by atoms with Crippen molar-refractivity contribution < 1.29 is 33.6 Å². The first-order valence-electron chi connectivity index (χ1n) is 11.7. The number of rotatable bonds is 6. The van der Waals surface area contributed by atoms with E-state index in [1.165, 1.54) is 6.92 Å². The molecule has 34 heavy (non-hydrogen) atoms. The summed E-state index contributed by atoms with van der Waals surface area (Å²) in [6, 6.07) is 3.63. The molecule has 0 aromatic heterocycles. The summed E-state index contributed by atoms with van der Waals surface area (Å²) in [5.41, 5.74) is 5.25. The number of ether oxygens (including phenoxy) is 4. The van der Waals surface area contributed by atoms with Gasteiger partial charge in [-0.05, 0) is 58.5 Å². The Balaban J connectivity index is 1.75. The number of likely N-dealkylation sites (N-methyl/N-ethyl adjacent to an activating group) is 1. The number of carbonyl (C=O) groups excluding carboxylic acids is 2. The Morgan fingerprint density at radius 3 is 2.79 bits per heavy atom. The number of nitrogens with two attached hydrogens (primary N) is 1. The second kappa shape index (κ2) is 8.87. The molecule has 186 valence electrons. The van der Waals surface area contributed by atoms with Gasteiger partial charge < -0.3 is 34.7 Å². The van der Waals surface area contributed by atoms with Crippen LogP contribution < -0.4 is 15.2 Å². The van der Waals surface area contributed by atoms with E-state index in [1.807, 2.05) is 33.0 Å². The normalized spacial score (nSPS) is 30.7. The number of methoxy groups -OCH3 is 1. The molecule has 3 aliphatic rings. The van der Waals surface area contributed by atoms with Crippen molar-refractivity contribution in [3.63, 3.8) is 0 Å². The van der Waals surface area contributed by atoms with Crippen molar-refractivity contribution in [1.29, 1.82) is 0 Å². The molecular formula is C25H34N2O7. The first-order chi connectivity index (χ1) is 16.1. The number of esters is 2. The quantitative estimate of drug-likeness (QED) is 0.592. The second-order valence-electron chi connectivity index (χ2n) is 9.49. The number of carbonyl (C=O) groups is 2. The number of benzene rings is 1. The Labute approximate surface area is 199 Å². The Bertz CT molecular complexity index is 1020. The highest BCUT2D eigenvalue weighted by Gasteiger charge is 2.69. The number of fused-ring (bicyclic) bond motifs is 1. The zero-order chi connectivity index (χ0) is 24.8. The summed E-state index contributed by atoms with van der Waals surface area (Å²) in [6.45, 7) is 6.32. The molecule has 4 rings (SSSR count). The predicted molar refractivity (Wildman–Crippen MR) is 124 cm³/mol. The standard InChI is InChI=1S/C25H34N2O7/c1-14-6-7-17(31-5)21-20(14)24-11-13-27(4)16(3)25(24,30)10-8-18(22(24)34-21)33-23(29)15(2)32-19(28)9-12-26/h6-8,15-16,22,30H,9-13,26H2,1-5H3/t15-,16+,22-,24-,25+/m0/s1. The van der Waals surface area contributed by atoms with Crippen molar-refractivity contribution in [3.8, 4) is 11.5 Å². The van der Waals surface area contributed by atoms with Crippen molar-refractivity contribution >= 4 is 11.9 Å². The van der Waals surface area contributed by atoms with E-state index in [0.29, 0.717) is 23.7 Å². The van der Waals surface area contributed by atoms with E-state index in [9.17, 15) is 14.7 Å². The highest BCUT2D eigenvalue weighted by Crippen LogP contribution is 2.62. The summed E-state index contributed by atoms with van der Waals surface area (Å²) in [7, 11) is 3.57. The molecular weight excluding hydrogens is 440 g/mol. The van der Waals surface area contributed by atoms with Crippen LogP contribution in [0, 0.1) is 6.92 Å². The van der Waals surface area contributed by atoms with Crippen LogP contribution in [0.15, 0.2) is 24.0 Å². The summed E-state index contributed by atoms with van der Waals surface area (Å²) < 4.78 is 23.0. The molecule has 1 saturated heterocycles. The van der Waals surface area contributed by atoms with E-state index in [0.717, 1.165) is 17.7 Å². The number of hydrogen-bond donors (Lipinski definition) is 2. The lowest BCUT2D eigenvalue weighted by atomic mass is 9.54. The molecule has 1 aromatic rings. The van der Waals surface area contributed by atoms with Gasteiger partial charge in [-0.2, -0.15) is 0 Å². The van der Waals surface area contributed by atoms with Crippen LogP contribution in [0.2, 0.25) is 0 Å². The summed E-state index contributed by atoms with van der Waals surface area (Å²) in [5, 5.41) is 12.2. The van der Waals surface area contributed by atoms with Crippen LogP contribution in [0.4, 0.5) is 0 Å². The van der Waals surface area contributed by atoms with Gasteiger partial charge in [-0.15, -0.1) is 0 Å². The second-order valence-corrected chi connectivity index (χ2v) is 9.49. The monoisotopic (exact) mass is 474 g/mol. The third-order valence-electron chi connectivity index (χ3n) is 7.74. The SMILES string of the molecule is COc1ccc(C)c2c1O[C@H]1C(OC(=O)[C@H](C)OC(=O)CCN)=CC[C@@]3(O)[C@@H](C)N(C)CC[C@]213. The Kier molecular flexibility index (Phi) is 6.39. The molecule has 0 bridgehead atoms. The van der Waals surface area contributed by atoms with Gasteiger partial charge in [0.2, 0.25) is 0 Å². The molecule has 1 aliphatic carbocycles. The average Bonchev–Trinajstić information content (AvgIpc) is 3.16. The number of aryl methyl sites for hydroxylation is 1. The average molecular weight is 475 g/mol. The lowest BCUT2D eigenvalue weighted by molar-refractivity contribution is -0.171. The van der Waals surface area contributed by atoms with Crippen molar-refractivity contribution in [2.24, 2.45) is 5.73 Å². The third-order valence-corrected chi connectivity index (χ3v) is 7.74. The Morgan fingerprint density at radius 2 is 2.12 bits per heavy atom. The van der Waals surface area contributed by atoms with Crippen LogP contribution >= 0.6 is 0 Å². The molecule has 3 N–H and O–H groups in total. The minimum Gasteiger partial charge on any atom is -0.493 e. The zero-order valence-electron chi connectivity index (χ0n) is 20.4. The van der Waals surface area contributed by atoms with E-state index >= 15 is 0 Å². The molecule has 0 unspecified atom stereocenters. The van der Waals surface area contributed by atoms with Crippen LogP contribution in [-0.4, -0.2) is 73.0 Å². The maximum Gasteiger partial charge on any atom is 0.352 e. The maximum absolute atomic E-state index is 12.8. The minimum absolute atomic E-state index is 0.0159. The molecule has 1 fully saturated rings. The minimum atomic E-state index is -1.16. The molecule has 9 nitrogen and oxygen atoms in total. The Morgan fingerprint density at radius 1 is 1.38 bits per heavy atom. The van der Waals surface area contributed by atoms with Gasteiger partial charge in [0.1, 0.15) is 5.76 Å². The van der Waals surface area contributed by atoms with Gasteiger partial charge >= 0.3 is 11.9 Å². The van der Waals surface area contributed by atoms with E-state index in [-0.39, 0.29) is 25.4 Å². The molecule has 5 atom stereocenters. The fourth-order valence-corrected chi connectivity index (χ4v) is 5.78. The van der Waals surface area contributed by atoms with Crippen LogP contribution in [0.25, 0.3) is 0 Å². The van der Waals surface area contributed by atoms with E-state index in [4.69, 9.17) is 24.7 Å². The van der Waals surface area contributed by atoms with Gasteiger partial charge in [0.05, 0.1) is 24.5 Å². The molecule has 0 amide bonds. The smallest absolute Gasteiger partial charge is 0.352 e. The van der Waals surface area contributed by atoms with Gasteiger partial charge in [-0.1, -0.05) is 6.07 Å². The van der Waals surface area contributed by atoms with Crippen LogP contribution in [0.3, 0.4) is 0 Å². The number of hydrogen-bond acceptors (Lipinski definition) is 9. The first-order valence-corrected chi connectivity index (χ1v) is 11.7. The highest BCUT2D eigenvalue weighted by atomic mass is 16.6. The van der Waals surface area contributed by atoms with Gasteiger partial charge in [0, 0.05) is 24.6 Å². The lowest BCUT2D eigenvalue weighted by Gasteiger charge is -2.58. The zero-order valence-corrected chi connectivity index (χ0v) is 20.4. The summed E-state index contributed by atoms with van der Waals surface area (Å²) >= 11 is 0.